The molecule has 2 aromatic rings. The van der Waals surface area contributed by atoms with Gasteiger partial charge < -0.3 is 14.8 Å². The average molecular weight is 282 g/mol. The van der Waals surface area contributed by atoms with Crippen molar-refractivity contribution in [3.63, 3.8) is 0 Å². The van der Waals surface area contributed by atoms with Gasteiger partial charge >= 0.3 is 0 Å². The van der Waals surface area contributed by atoms with Crippen LogP contribution in [0.2, 0.25) is 0 Å². The van der Waals surface area contributed by atoms with Gasteiger partial charge in [-0.05, 0) is 35.4 Å². The second-order valence-electron chi connectivity index (χ2n) is 4.58. The van der Waals surface area contributed by atoms with Crippen molar-refractivity contribution in [3.05, 3.63) is 59.7 Å². The third-order valence-electron chi connectivity index (χ3n) is 2.96. The zero-order chi connectivity index (χ0) is 14.9. The number of rotatable bonds is 7. The van der Waals surface area contributed by atoms with Crippen molar-refractivity contribution in [2.24, 2.45) is 0 Å². The summed E-state index contributed by atoms with van der Waals surface area (Å²) in [5, 5.41) is 11.8. The van der Waals surface area contributed by atoms with Gasteiger partial charge in [0.1, 0.15) is 11.8 Å². The minimum absolute atomic E-state index is 0.0733. The zero-order valence-electron chi connectivity index (χ0n) is 12.0. The molecule has 0 fully saturated rings. The highest BCUT2D eigenvalue weighted by atomic mass is 16.5. The molecule has 0 saturated heterocycles. The van der Waals surface area contributed by atoms with Crippen LogP contribution in [0, 0.1) is 11.3 Å². The Hall–Kier alpha value is -2.51. The highest BCUT2D eigenvalue weighted by Crippen LogP contribution is 2.15. The SMILES string of the molecule is COCc1cccc(NCc2ccc(OCC#N)cc2)c1. The number of nitrogens with one attached hydrogen (secondary N) is 1. The molecule has 0 aliphatic heterocycles. The van der Waals surface area contributed by atoms with E-state index in [0.29, 0.717) is 12.4 Å². The minimum Gasteiger partial charge on any atom is -0.479 e. The van der Waals surface area contributed by atoms with E-state index < -0.39 is 0 Å². The third kappa shape index (κ3) is 4.83. The molecule has 1 N–H and O–H groups in total. The van der Waals surface area contributed by atoms with Gasteiger partial charge in [0.15, 0.2) is 6.61 Å². The highest BCUT2D eigenvalue weighted by molar-refractivity contribution is 5.46. The average Bonchev–Trinajstić information content (AvgIpc) is 2.53. The summed E-state index contributed by atoms with van der Waals surface area (Å²) in [4.78, 5) is 0. The maximum atomic E-state index is 8.46. The number of nitrogens with zero attached hydrogens (tertiary/aromatic N) is 1. The Kier molecular flexibility index (Phi) is 5.62. The van der Waals surface area contributed by atoms with E-state index in [9.17, 15) is 0 Å². The first-order valence-electron chi connectivity index (χ1n) is 6.72. The van der Waals surface area contributed by atoms with E-state index in [1.54, 1.807) is 7.11 Å². The van der Waals surface area contributed by atoms with Gasteiger partial charge in [-0.3, -0.25) is 0 Å². The summed E-state index contributed by atoms with van der Waals surface area (Å²) in [7, 11) is 1.69. The first kappa shape index (κ1) is 14.9. The lowest BCUT2D eigenvalue weighted by molar-refractivity contribution is 0.185. The minimum atomic E-state index is 0.0733. The van der Waals surface area contributed by atoms with Crippen LogP contribution >= 0.6 is 0 Å². The highest BCUT2D eigenvalue weighted by Gasteiger charge is 1.98. The molecule has 0 bridgehead atoms. The van der Waals surface area contributed by atoms with Gasteiger partial charge in [-0.15, -0.1) is 0 Å². The molecule has 0 saturated carbocycles. The van der Waals surface area contributed by atoms with Crippen LogP contribution in [0.3, 0.4) is 0 Å². The van der Waals surface area contributed by atoms with E-state index in [1.165, 1.54) is 0 Å². The fourth-order valence-corrected chi connectivity index (χ4v) is 1.96. The van der Waals surface area contributed by atoms with Crippen LogP contribution in [0.1, 0.15) is 11.1 Å². The van der Waals surface area contributed by atoms with Gasteiger partial charge in [-0.25, -0.2) is 0 Å². The first-order chi connectivity index (χ1) is 10.3. The van der Waals surface area contributed by atoms with Crippen molar-refractivity contribution in [1.82, 2.24) is 0 Å². The van der Waals surface area contributed by atoms with E-state index in [1.807, 2.05) is 48.5 Å². The largest absolute Gasteiger partial charge is 0.479 e. The van der Waals surface area contributed by atoms with Crippen LogP contribution < -0.4 is 10.1 Å². The van der Waals surface area contributed by atoms with E-state index in [-0.39, 0.29) is 6.61 Å². The Labute approximate surface area is 124 Å². The second kappa shape index (κ2) is 7.93. The van der Waals surface area contributed by atoms with Crippen molar-refractivity contribution in [3.8, 4) is 11.8 Å². The fraction of sp³-hybridized carbons (Fsp3) is 0.235. The second-order valence-corrected chi connectivity index (χ2v) is 4.58. The maximum absolute atomic E-state index is 8.46. The van der Waals surface area contributed by atoms with Gasteiger partial charge in [0, 0.05) is 19.3 Å². The van der Waals surface area contributed by atoms with Crippen LogP contribution in [-0.4, -0.2) is 13.7 Å². The molecule has 108 valence electrons. The third-order valence-corrected chi connectivity index (χ3v) is 2.96. The summed E-state index contributed by atoms with van der Waals surface area (Å²) in [6, 6.07) is 17.8. The van der Waals surface area contributed by atoms with Crippen molar-refractivity contribution >= 4 is 5.69 Å². The number of ether oxygens (including phenoxy) is 2. The lowest BCUT2D eigenvalue weighted by Gasteiger charge is -2.09. The Balaban J connectivity index is 1.90. The summed E-state index contributed by atoms with van der Waals surface area (Å²) in [5.41, 5.74) is 3.36. The van der Waals surface area contributed by atoms with Gasteiger partial charge in [-0.2, -0.15) is 5.26 Å². The predicted molar refractivity (Wildman–Crippen MR) is 82.0 cm³/mol. The van der Waals surface area contributed by atoms with Crippen LogP contribution in [0.25, 0.3) is 0 Å². The number of nitriles is 1. The maximum Gasteiger partial charge on any atom is 0.174 e. The Morgan fingerprint density at radius 3 is 2.62 bits per heavy atom. The number of methoxy groups -OCH3 is 1. The van der Waals surface area contributed by atoms with Gasteiger partial charge in [0.05, 0.1) is 6.61 Å². The Morgan fingerprint density at radius 2 is 1.90 bits per heavy atom. The van der Waals surface area contributed by atoms with E-state index in [2.05, 4.69) is 11.4 Å². The fourth-order valence-electron chi connectivity index (χ4n) is 1.96. The molecular weight excluding hydrogens is 264 g/mol. The summed E-state index contributed by atoms with van der Waals surface area (Å²) < 4.78 is 10.3. The summed E-state index contributed by atoms with van der Waals surface area (Å²) >= 11 is 0. The van der Waals surface area contributed by atoms with E-state index >= 15 is 0 Å². The van der Waals surface area contributed by atoms with Gasteiger partial charge in [0.25, 0.3) is 0 Å². The molecule has 0 aliphatic rings. The molecule has 0 radical (unpaired) electrons. The molecule has 0 unspecified atom stereocenters. The van der Waals surface area contributed by atoms with Crippen LogP contribution in [0.4, 0.5) is 5.69 Å². The molecule has 0 amide bonds. The summed E-state index contributed by atoms with van der Waals surface area (Å²) in [5.74, 6) is 0.711. The molecule has 21 heavy (non-hydrogen) atoms. The topological polar surface area (TPSA) is 54.3 Å². The molecule has 0 aliphatic carbocycles. The van der Waals surface area contributed by atoms with Crippen molar-refractivity contribution in [2.45, 2.75) is 13.2 Å². The van der Waals surface area contributed by atoms with Crippen molar-refractivity contribution in [2.75, 3.05) is 19.0 Å². The Bertz CT molecular complexity index is 603. The van der Waals surface area contributed by atoms with Crippen molar-refractivity contribution in [1.29, 1.82) is 5.26 Å². The lowest BCUT2D eigenvalue weighted by atomic mass is 10.2. The molecule has 0 spiro atoms. The number of hydrogen-bond donors (Lipinski definition) is 1. The molecule has 0 heterocycles. The van der Waals surface area contributed by atoms with Gasteiger partial charge in [-0.1, -0.05) is 24.3 Å². The molecule has 0 aromatic heterocycles. The predicted octanol–water partition coefficient (Wildman–Crippen LogP) is 3.35. The van der Waals surface area contributed by atoms with Crippen LogP contribution in [0.15, 0.2) is 48.5 Å². The summed E-state index contributed by atoms with van der Waals surface area (Å²) in [6.45, 7) is 1.42. The molecule has 4 nitrogen and oxygen atoms in total. The monoisotopic (exact) mass is 282 g/mol. The molecule has 2 aromatic carbocycles. The lowest BCUT2D eigenvalue weighted by Crippen LogP contribution is -2.00. The smallest absolute Gasteiger partial charge is 0.174 e. The quantitative estimate of drug-likeness (QED) is 0.846. The number of hydrogen-bond acceptors (Lipinski definition) is 4. The zero-order valence-corrected chi connectivity index (χ0v) is 12.0. The molecule has 4 heteroatoms. The van der Waals surface area contributed by atoms with E-state index in [4.69, 9.17) is 14.7 Å². The standard InChI is InChI=1S/C17H18N2O2/c1-20-13-15-3-2-4-16(11-15)19-12-14-5-7-17(8-6-14)21-10-9-18/h2-8,11,19H,10,12-13H2,1H3. The molecule has 2 rings (SSSR count). The van der Waals surface area contributed by atoms with E-state index in [0.717, 1.165) is 23.4 Å². The molecular formula is C17H18N2O2. The number of anilines is 1. The number of benzene rings is 2. The first-order valence-corrected chi connectivity index (χ1v) is 6.72. The normalized spacial score (nSPS) is 9.90. The van der Waals surface area contributed by atoms with Crippen LogP contribution in [-0.2, 0) is 17.9 Å². The molecule has 0 atom stereocenters. The summed E-state index contributed by atoms with van der Waals surface area (Å²) in [6.07, 6.45) is 0. The van der Waals surface area contributed by atoms with Gasteiger partial charge in [0.2, 0.25) is 0 Å². The Morgan fingerprint density at radius 1 is 1.10 bits per heavy atom. The van der Waals surface area contributed by atoms with Crippen LogP contribution in [0.5, 0.6) is 5.75 Å². The van der Waals surface area contributed by atoms with Crippen molar-refractivity contribution < 1.29 is 9.47 Å².